The Hall–Kier alpha value is -4.42. The lowest BCUT2D eigenvalue weighted by Gasteiger charge is -2.08. The molecule has 0 atom stereocenters. The Morgan fingerprint density at radius 2 is 1.07 bits per heavy atom. The van der Waals surface area contributed by atoms with E-state index in [0.717, 1.165) is 11.1 Å². The lowest BCUT2D eigenvalue weighted by Crippen LogP contribution is -2.24. The van der Waals surface area contributed by atoms with E-state index >= 15 is 0 Å². The van der Waals surface area contributed by atoms with Gasteiger partial charge in [0.1, 0.15) is 0 Å². The van der Waals surface area contributed by atoms with Crippen molar-refractivity contribution in [3.05, 3.63) is 106 Å². The van der Waals surface area contributed by atoms with Gasteiger partial charge < -0.3 is 10.6 Å². The van der Waals surface area contributed by atoms with Crippen LogP contribution in [-0.2, 0) is 13.1 Å². The summed E-state index contributed by atoms with van der Waals surface area (Å²) in [6, 6.07) is 24.5. The van der Waals surface area contributed by atoms with Crippen LogP contribution in [0.2, 0.25) is 0 Å². The van der Waals surface area contributed by atoms with Gasteiger partial charge in [0, 0.05) is 24.2 Å². The highest BCUT2D eigenvalue weighted by Crippen LogP contribution is 2.08. The second-order valence-corrected chi connectivity index (χ2v) is 6.57. The van der Waals surface area contributed by atoms with E-state index in [1.54, 1.807) is 60.7 Å². The number of amides is 2. The fourth-order valence-electron chi connectivity index (χ4n) is 2.84. The van der Waals surface area contributed by atoms with Crippen molar-refractivity contribution < 1.29 is 9.59 Å². The molecule has 0 aromatic heterocycles. The van der Waals surface area contributed by atoms with Gasteiger partial charge in [-0.2, -0.15) is 10.5 Å². The summed E-state index contributed by atoms with van der Waals surface area (Å²) < 4.78 is 0. The largest absolute Gasteiger partial charge is 0.348 e. The molecule has 0 spiro atoms. The van der Waals surface area contributed by atoms with Crippen molar-refractivity contribution >= 4 is 11.8 Å². The van der Waals surface area contributed by atoms with E-state index in [0.29, 0.717) is 35.3 Å². The number of carbonyl (C=O) groups is 2. The normalized spacial score (nSPS) is 9.80. The number of nitrogens with one attached hydrogen (secondary N) is 2. The van der Waals surface area contributed by atoms with Gasteiger partial charge in [0.2, 0.25) is 0 Å². The van der Waals surface area contributed by atoms with Crippen LogP contribution in [0.15, 0.2) is 72.8 Å². The first kappa shape index (κ1) is 20.3. The molecule has 2 N–H and O–H groups in total. The first-order valence-electron chi connectivity index (χ1n) is 9.23. The molecule has 3 rings (SSSR count). The summed E-state index contributed by atoms with van der Waals surface area (Å²) in [5.41, 5.74) is 3.61. The summed E-state index contributed by atoms with van der Waals surface area (Å²) in [5, 5.41) is 23.5. The van der Waals surface area contributed by atoms with Gasteiger partial charge in [-0.15, -0.1) is 0 Å². The molecule has 0 unspecified atom stereocenters. The summed E-state index contributed by atoms with van der Waals surface area (Å²) in [6.07, 6.45) is 0. The molecule has 2 amide bonds. The maximum absolute atomic E-state index is 12.3. The van der Waals surface area contributed by atoms with E-state index in [2.05, 4.69) is 22.8 Å². The van der Waals surface area contributed by atoms with Crippen molar-refractivity contribution in [1.29, 1.82) is 10.5 Å². The molecule has 0 aliphatic rings. The van der Waals surface area contributed by atoms with E-state index in [1.165, 1.54) is 0 Å². The monoisotopic (exact) mass is 394 g/mol. The Balaban J connectivity index is 1.55. The molecule has 0 bridgehead atoms. The number of nitriles is 2. The van der Waals surface area contributed by atoms with Gasteiger partial charge >= 0.3 is 0 Å². The van der Waals surface area contributed by atoms with Crippen LogP contribution in [0.3, 0.4) is 0 Å². The second kappa shape index (κ2) is 9.68. The fourth-order valence-corrected chi connectivity index (χ4v) is 2.84. The Morgan fingerprint density at radius 1 is 0.667 bits per heavy atom. The molecule has 0 saturated carbocycles. The third-order valence-corrected chi connectivity index (χ3v) is 4.43. The van der Waals surface area contributed by atoms with Crippen molar-refractivity contribution in [2.45, 2.75) is 13.1 Å². The standard InChI is InChI=1S/C24H18N4O2/c25-13-17-3-1-5-19(11-17)15-27-23(29)21-7-9-22(10-8-21)24(30)28-16-20-6-2-4-18(12-20)14-26/h1-12H,15-16H2,(H,27,29)(H,28,30). The fraction of sp³-hybridized carbons (Fsp3) is 0.0833. The summed E-state index contributed by atoms with van der Waals surface area (Å²) in [4.78, 5) is 24.6. The van der Waals surface area contributed by atoms with Crippen molar-refractivity contribution in [2.75, 3.05) is 0 Å². The van der Waals surface area contributed by atoms with Gasteiger partial charge in [-0.25, -0.2) is 0 Å². The molecule has 3 aromatic rings. The lowest BCUT2D eigenvalue weighted by atomic mass is 10.1. The zero-order valence-electron chi connectivity index (χ0n) is 16.1. The maximum Gasteiger partial charge on any atom is 0.251 e. The molecule has 0 saturated heterocycles. The molecule has 30 heavy (non-hydrogen) atoms. The van der Waals surface area contributed by atoms with E-state index in [4.69, 9.17) is 10.5 Å². The topological polar surface area (TPSA) is 106 Å². The molecule has 6 nitrogen and oxygen atoms in total. The Bertz CT molecular complexity index is 1060. The molecule has 146 valence electrons. The minimum Gasteiger partial charge on any atom is -0.348 e. The van der Waals surface area contributed by atoms with E-state index in [1.807, 2.05) is 12.1 Å². The van der Waals surface area contributed by atoms with Gasteiger partial charge in [-0.05, 0) is 59.7 Å². The Labute approximate surface area is 174 Å². The van der Waals surface area contributed by atoms with Gasteiger partial charge in [0.25, 0.3) is 11.8 Å². The SMILES string of the molecule is N#Cc1cccc(CNC(=O)c2ccc(C(=O)NCc3cccc(C#N)c3)cc2)c1. The molecule has 0 fully saturated rings. The zero-order valence-corrected chi connectivity index (χ0v) is 16.1. The first-order valence-corrected chi connectivity index (χ1v) is 9.23. The predicted molar refractivity (Wildman–Crippen MR) is 111 cm³/mol. The molecule has 0 heterocycles. The molecule has 3 aromatic carbocycles. The Kier molecular flexibility index (Phi) is 6.55. The van der Waals surface area contributed by atoms with Crippen LogP contribution in [0.4, 0.5) is 0 Å². The predicted octanol–water partition coefficient (Wildman–Crippen LogP) is 3.29. The number of hydrogen-bond acceptors (Lipinski definition) is 4. The molecule has 0 radical (unpaired) electrons. The van der Waals surface area contributed by atoms with Crippen molar-refractivity contribution in [3.63, 3.8) is 0 Å². The minimum absolute atomic E-state index is 0.266. The summed E-state index contributed by atoms with van der Waals surface area (Å²) in [7, 11) is 0. The van der Waals surface area contributed by atoms with Crippen LogP contribution in [0.5, 0.6) is 0 Å². The average Bonchev–Trinajstić information content (AvgIpc) is 2.81. The highest BCUT2D eigenvalue weighted by molar-refractivity contribution is 5.97. The van der Waals surface area contributed by atoms with Gasteiger partial charge in [0.15, 0.2) is 0 Å². The summed E-state index contributed by atoms with van der Waals surface area (Å²) in [5.74, 6) is -0.532. The number of hydrogen-bond donors (Lipinski definition) is 2. The highest BCUT2D eigenvalue weighted by Gasteiger charge is 2.09. The smallest absolute Gasteiger partial charge is 0.251 e. The number of nitrogens with zero attached hydrogens (tertiary/aromatic N) is 2. The van der Waals surface area contributed by atoms with Gasteiger partial charge in [-0.1, -0.05) is 24.3 Å². The van der Waals surface area contributed by atoms with Crippen molar-refractivity contribution in [2.24, 2.45) is 0 Å². The maximum atomic E-state index is 12.3. The van der Waals surface area contributed by atoms with Crippen LogP contribution in [0.1, 0.15) is 43.0 Å². The molecule has 0 aliphatic heterocycles. The van der Waals surface area contributed by atoms with Gasteiger partial charge in [-0.3, -0.25) is 9.59 Å². The van der Waals surface area contributed by atoms with Crippen LogP contribution < -0.4 is 10.6 Å². The van der Waals surface area contributed by atoms with E-state index < -0.39 is 0 Å². The highest BCUT2D eigenvalue weighted by atomic mass is 16.2. The third-order valence-electron chi connectivity index (χ3n) is 4.43. The van der Waals surface area contributed by atoms with Gasteiger partial charge in [0.05, 0.1) is 23.3 Å². The summed E-state index contributed by atoms with van der Waals surface area (Å²) >= 11 is 0. The van der Waals surface area contributed by atoms with Crippen LogP contribution >= 0.6 is 0 Å². The van der Waals surface area contributed by atoms with E-state index in [9.17, 15) is 9.59 Å². The first-order chi connectivity index (χ1) is 14.6. The minimum atomic E-state index is -0.266. The molecule has 0 aliphatic carbocycles. The summed E-state index contributed by atoms with van der Waals surface area (Å²) in [6.45, 7) is 0.608. The van der Waals surface area contributed by atoms with Crippen LogP contribution in [0, 0.1) is 22.7 Å². The second-order valence-electron chi connectivity index (χ2n) is 6.57. The third kappa shape index (κ3) is 5.31. The lowest BCUT2D eigenvalue weighted by molar-refractivity contribution is 0.0939. The number of carbonyl (C=O) groups excluding carboxylic acids is 2. The van der Waals surface area contributed by atoms with Crippen LogP contribution in [-0.4, -0.2) is 11.8 Å². The van der Waals surface area contributed by atoms with E-state index in [-0.39, 0.29) is 11.8 Å². The van der Waals surface area contributed by atoms with Crippen molar-refractivity contribution in [1.82, 2.24) is 10.6 Å². The van der Waals surface area contributed by atoms with Crippen LogP contribution in [0.25, 0.3) is 0 Å². The number of benzene rings is 3. The molecular formula is C24H18N4O2. The molecule has 6 heteroatoms. The van der Waals surface area contributed by atoms with Crippen molar-refractivity contribution in [3.8, 4) is 12.1 Å². The average molecular weight is 394 g/mol. The zero-order chi connectivity index (χ0) is 21.3. The quantitative estimate of drug-likeness (QED) is 0.669. The number of rotatable bonds is 6. The molecular weight excluding hydrogens is 376 g/mol. The Morgan fingerprint density at radius 3 is 1.43 bits per heavy atom.